The standard InChI is InChI=1S/C18H22N4OS/c23-16(19-10-13-6-7-13)12-24-18-21-20-17(15-8-9-15)22(18)11-14-4-2-1-3-5-14/h1-5,13,15H,6-12H2,(H,19,23). The van der Waals surface area contributed by atoms with E-state index in [0.717, 1.165) is 24.1 Å². The molecule has 0 unspecified atom stereocenters. The van der Waals surface area contributed by atoms with Crippen molar-refractivity contribution in [3.05, 3.63) is 41.7 Å². The van der Waals surface area contributed by atoms with Gasteiger partial charge in [-0.05, 0) is 37.2 Å². The fourth-order valence-corrected chi connectivity index (χ4v) is 3.50. The van der Waals surface area contributed by atoms with Crippen molar-refractivity contribution in [3.8, 4) is 0 Å². The number of carbonyl (C=O) groups excluding carboxylic acids is 1. The number of carbonyl (C=O) groups is 1. The summed E-state index contributed by atoms with van der Waals surface area (Å²) in [6, 6.07) is 10.4. The lowest BCUT2D eigenvalue weighted by atomic mass is 10.2. The first-order valence-electron chi connectivity index (χ1n) is 8.66. The molecule has 1 heterocycles. The SMILES string of the molecule is O=C(CSc1nnc(C2CC2)n1Cc1ccccc1)NCC1CC1. The van der Waals surface area contributed by atoms with Crippen LogP contribution >= 0.6 is 11.8 Å². The highest BCUT2D eigenvalue weighted by atomic mass is 32.2. The lowest BCUT2D eigenvalue weighted by Crippen LogP contribution is -2.27. The molecule has 0 bridgehead atoms. The van der Waals surface area contributed by atoms with Gasteiger partial charge < -0.3 is 9.88 Å². The maximum Gasteiger partial charge on any atom is 0.230 e. The van der Waals surface area contributed by atoms with E-state index in [1.54, 1.807) is 0 Å². The molecule has 1 amide bonds. The molecule has 4 rings (SSSR count). The average molecular weight is 342 g/mol. The van der Waals surface area contributed by atoms with E-state index in [2.05, 4.69) is 44.3 Å². The molecule has 2 fully saturated rings. The second-order valence-electron chi connectivity index (χ2n) is 6.72. The summed E-state index contributed by atoms with van der Waals surface area (Å²) in [7, 11) is 0. The molecule has 0 radical (unpaired) electrons. The van der Waals surface area contributed by atoms with Crippen LogP contribution in [-0.2, 0) is 11.3 Å². The van der Waals surface area contributed by atoms with Gasteiger partial charge in [0.25, 0.3) is 0 Å². The molecule has 0 atom stereocenters. The second-order valence-corrected chi connectivity index (χ2v) is 7.67. The third-order valence-corrected chi connectivity index (χ3v) is 5.46. The monoisotopic (exact) mass is 342 g/mol. The molecule has 1 aromatic heterocycles. The predicted octanol–water partition coefficient (Wildman–Crippen LogP) is 2.82. The van der Waals surface area contributed by atoms with E-state index in [4.69, 9.17) is 0 Å². The Morgan fingerprint density at radius 2 is 1.96 bits per heavy atom. The van der Waals surface area contributed by atoms with Crippen LogP contribution in [0.5, 0.6) is 0 Å². The molecule has 0 saturated heterocycles. The minimum absolute atomic E-state index is 0.0918. The number of hydrogen-bond acceptors (Lipinski definition) is 4. The Morgan fingerprint density at radius 1 is 1.17 bits per heavy atom. The maximum absolute atomic E-state index is 12.0. The third kappa shape index (κ3) is 3.98. The van der Waals surface area contributed by atoms with Crippen LogP contribution in [0.15, 0.2) is 35.5 Å². The summed E-state index contributed by atoms with van der Waals surface area (Å²) in [4.78, 5) is 12.0. The fourth-order valence-electron chi connectivity index (χ4n) is 2.73. The van der Waals surface area contributed by atoms with Crippen LogP contribution in [0.25, 0.3) is 0 Å². The number of thioether (sulfide) groups is 1. The van der Waals surface area contributed by atoms with E-state index in [-0.39, 0.29) is 5.91 Å². The predicted molar refractivity (Wildman–Crippen MR) is 94.0 cm³/mol. The van der Waals surface area contributed by atoms with Crippen molar-refractivity contribution in [1.82, 2.24) is 20.1 Å². The molecule has 2 saturated carbocycles. The van der Waals surface area contributed by atoms with Gasteiger partial charge in [0.1, 0.15) is 5.82 Å². The Labute approximate surface area is 146 Å². The quantitative estimate of drug-likeness (QED) is 0.750. The zero-order valence-corrected chi connectivity index (χ0v) is 14.5. The Balaban J connectivity index is 1.42. The Bertz CT molecular complexity index is 707. The zero-order chi connectivity index (χ0) is 16.4. The van der Waals surface area contributed by atoms with Gasteiger partial charge in [0.05, 0.1) is 12.3 Å². The number of benzene rings is 1. The summed E-state index contributed by atoms with van der Waals surface area (Å²) in [5.41, 5.74) is 1.24. The van der Waals surface area contributed by atoms with Crippen molar-refractivity contribution in [2.75, 3.05) is 12.3 Å². The average Bonchev–Trinajstić information content (AvgIpc) is 3.52. The van der Waals surface area contributed by atoms with Crippen molar-refractivity contribution < 1.29 is 4.79 Å². The van der Waals surface area contributed by atoms with Crippen molar-refractivity contribution in [3.63, 3.8) is 0 Å². The molecule has 0 aliphatic heterocycles. The van der Waals surface area contributed by atoms with Crippen molar-refractivity contribution in [1.29, 1.82) is 0 Å². The number of nitrogens with zero attached hydrogens (tertiary/aromatic N) is 3. The van der Waals surface area contributed by atoms with Crippen molar-refractivity contribution in [2.24, 2.45) is 5.92 Å². The van der Waals surface area contributed by atoms with Crippen LogP contribution in [0, 0.1) is 5.92 Å². The number of amides is 1. The third-order valence-electron chi connectivity index (χ3n) is 4.49. The summed E-state index contributed by atoms with van der Waals surface area (Å²) in [6.45, 7) is 1.59. The van der Waals surface area contributed by atoms with Gasteiger partial charge in [-0.25, -0.2) is 0 Å². The maximum atomic E-state index is 12.0. The second kappa shape index (κ2) is 6.97. The van der Waals surface area contributed by atoms with Gasteiger partial charge in [-0.3, -0.25) is 4.79 Å². The molecular weight excluding hydrogens is 320 g/mol. The van der Waals surface area contributed by atoms with Crippen molar-refractivity contribution >= 4 is 17.7 Å². The van der Waals surface area contributed by atoms with Crippen LogP contribution in [-0.4, -0.2) is 33.0 Å². The first-order valence-corrected chi connectivity index (χ1v) is 9.64. The van der Waals surface area contributed by atoms with E-state index in [1.807, 2.05) is 6.07 Å². The van der Waals surface area contributed by atoms with Gasteiger partial charge in [-0.2, -0.15) is 0 Å². The first-order chi connectivity index (χ1) is 11.8. The lowest BCUT2D eigenvalue weighted by molar-refractivity contribution is -0.118. The van der Waals surface area contributed by atoms with Gasteiger partial charge in [-0.15, -0.1) is 10.2 Å². The molecule has 1 aromatic carbocycles. The van der Waals surface area contributed by atoms with Gasteiger partial charge in [0.15, 0.2) is 5.16 Å². The van der Waals surface area contributed by atoms with Crippen LogP contribution in [0.3, 0.4) is 0 Å². The molecule has 5 nitrogen and oxygen atoms in total. The minimum Gasteiger partial charge on any atom is -0.355 e. The summed E-state index contributed by atoms with van der Waals surface area (Å²) in [5, 5.41) is 12.6. The van der Waals surface area contributed by atoms with Gasteiger partial charge >= 0.3 is 0 Å². The summed E-state index contributed by atoms with van der Waals surface area (Å²) < 4.78 is 2.19. The van der Waals surface area contributed by atoms with E-state index >= 15 is 0 Å². The van der Waals surface area contributed by atoms with Crippen LogP contribution in [0.2, 0.25) is 0 Å². The molecule has 6 heteroatoms. The Morgan fingerprint density at radius 3 is 2.67 bits per heavy atom. The highest BCUT2D eigenvalue weighted by Gasteiger charge is 2.30. The normalized spacial score (nSPS) is 17.0. The Kier molecular flexibility index (Phi) is 4.56. The van der Waals surface area contributed by atoms with Gasteiger partial charge in [0.2, 0.25) is 5.91 Å². The van der Waals surface area contributed by atoms with E-state index < -0.39 is 0 Å². The van der Waals surface area contributed by atoms with Crippen molar-refractivity contribution in [2.45, 2.75) is 43.3 Å². The molecule has 126 valence electrons. The van der Waals surface area contributed by atoms with E-state index in [9.17, 15) is 4.79 Å². The number of hydrogen-bond donors (Lipinski definition) is 1. The topological polar surface area (TPSA) is 59.8 Å². The largest absolute Gasteiger partial charge is 0.355 e. The van der Waals surface area contributed by atoms with Crippen LogP contribution in [0.4, 0.5) is 0 Å². The zero-order valence-electron chi connectivity index (χ0n) is 13.6. The van der Waals surface area contributed by atoms with Gasteiger partial charge in [-0.1, -0.05) is 42.1 Å². The number of nitrogens with one attached hydrogen (secondary N) is 1. The summed E-state index contributed by atoms with van der Waals surface area (Å²) >= 11 is 1.49. The minimum atomic E-state index is 0.0918. The summed E-state index contributed by atoms with van der Waals surface area (Å²) in [5.74, 6) is 2.82. The van der Waals surface area contributed by atoms with Crippen LogP contribution < -0.4 is 5.32 Å². The highest BCUT2D eigenvalue weighted by Crippen LogP contribution is 2.40. The number of rotatable bonds is 8. The molecule has 0 spiro atoms. The molecular formula is C18H22N4OS. The molecule has 2 aliphatic rings. The van der Waals surface area contributed by atoms with Crippen LogP contribution in [0.1, 0.15) is 43.0 Å². The fraction of sp³-hybridized carbons (Fsp3) is 0.500. The molecule has 2 aliphatic carbocycles. The molecule has 24 heavy (non-hydrogen) atoms. The van der Waals surface area contributed by atoms with E-state index in [0.29, 0.717) is 17.6 Å². The molecule has 2 aromatic rings. The number of aromatic nitrogens is 3. The summed E-state index contributed by atoms with van der Waals surface area (Å²) in [6.07, 6.45) is 4.89. The van der Waals surface area contributed by atoms with Gasteiger partial charge in [0, 0.05) is 12.5 Å². The Hall–Kier alpha value is -1.82. The highest BCUT2D eigenvalue weighted by molar-refractivity contribution is 7.99. The smallest absolute Gasteiger partial charge is 0.230 e. The molecule has 1 N–H and O–H groups in total. The lowest BCUT2D eigenvalue weighted by Gasteiger charge is -2.10. The van der Waals surface area contributed by atoms with E-state index in [1.165, 1.54) is 43.0 Å². The first kappa shape index (κ1) is 15.7.